The van der Waals surface area contributed by atoms with Crippen LogP contribution in [-0.4, -0.2) is 31.2 Å². The number of carbonyl (C=O) groups is 1. The Labute approximate surface area is 77.2 Å². The quantitative estimate of drug-likeness (QED) is 0.377. The largest absolute Gasteiger partial charge is 0.369 e. The molecule has 4 atom stereocenters. The van der Waals surface area contributed by atoms with Gasteiger partial charge in [-0.25, -0.2) is 0 Å². The molecule has 5 heteroatoms. The van der Waals surface area contributed by atoms with E-state index in [2.05, 4.69) is 10.6 Å². The van der Waals surface area contributed by atoms with E-state index in [1.54, 1.807) is 0 Å². The first-order valence-electron chi connectivity index (χ1n) is 4.72. The molecule has 6 N–H and O–H groups in total. The number of nitrogens with one attached hydrogen (secondary N) is 2. The summed E-state index contributed by atoms with van der Waals surface area (Å²) in [6, 6.07) is -0.0845. The second kappa shape index (κ2) is 3.25. The molecule has 2 aliphatic rings. The number of nitrogens with two attached hydrogens (primary N) is 2. The Morgan fingerprint density at radius 1 is 1.38 bits per heavy atom. The zero-order chi connectivity index (χ0) is 9.42. The third kappa shape index (κ3) is 1.43. The highest BCUT2D eigenvalue weighted by atomic mass is 16.1. The van der Waals surface area contributed by atoms with Gasteiger partial charge in [0.1, 0.15) is 0 Å². The minimum absolute atomic E-state index is 0.0845. The average Bonchev–Trinajstić information content (AvgIpc) is 2.52. The third-order valence-electron chi connectivity index (χ3n) is 3.15. The smallest absolute Gasteiger partial charge is 0.223 e. The molecule has 13 heavy (non-hydrogen) atoms. The molecule has 2 saturated heterocycles. The van der Waals surface area contributed by atoms with Gasteiger partial charge in [0, 0.05) is 18.5 Å². The minimum Gasteiger partial charge on any atom is -0.369 e. The van der Waals surface area contributed by atoms with Gasteiger partial charge >= 0.3 is 0 Å². The molecule has 74 valence electrons. The second-order valence-corrected chi connectivity index (χ2v) is 3.88. The van der Waals surface area contributed by atoms with Crippen LogP contribution in [0, 0.1) is 11.8 Å². The Morgan fingerprint density at radius 3 is 2.85 bits per heavy atom. The fourth-order valence-electron chi connectivity index (χ4n) is 2.34. The first kappa shape index (κ1) is 8.93. The predicted octanol–water partition coefficient (Wildman–Crippen LogP) is -2.05. The van der Waals surface area contributed by atoms with Crippen LogP contribution in [0.25, 0.3) is 0 Å². The molecule has 0 aromatic carbocycles. The average molecular weight is 184 g/mol. The predicted molar refractivity (Wildman–Crippen MR) is 48.6 cm³/mol. The Hall–Kier alpha value is -0.650. The van der Waals surface area contributed by atoms with E-state index in [9.17, 15) is 4.79 Å². The highest BCUT2D eigenvalue weighted by molar-refractivity contribution is 5.78. The Balaban J connectivity index is 2.08. The second-order valence-electron chi connectivity index (χ2n) is 3.88. The first-order valence-corrected chi connectivity index (χ1v) is 4.72. The molecule has 5 nitrogen and oxygen atoms in total. The molecule has 0 aliphatic carbocycles. The van der Waals surface area contributed by atoms with Crippen LogP contribution in [0.3, 0.4) is 0 Å². The lowest BCUT2D eigenvalue weighted by molar-refractivity contribution is -0.123. The molecule has 0 saturated carbocycles. The van der Waals surface area contributed by atoms with E-state index in [1.807, 2.05) is 0 Å². The van der Waals surface area contributed by atoms with E-state index >= 15 is 0 Å². The summed E-state index contributed by atoms with van der Waals surface area (Å²) in [6.45, 7) is 1.58. The fourth-order valence-corrected chi connectivity index (χ4v) is 2.34. The summed E-state index contributed by atoms with van der Waals surface area (Å²) in [7, 11) is 0. The molecular formula is C8H16N4O. The monoisotopic (exact) mass is 184 g/mol. The van der Waals surface area contributed by atoms with Gasteiger partial charge < -0.3 is 22.1 Å². The number of fused-ring (bicyclic) bond motifs is 1. The zero-order valence-corrected chi connectivity index (χ0v) is 7.49. The summed E-state index contributed by atoms with van der Waals surface area (Å²) in [5.41, 5.74) is 11.2. The van der Waals surface area contributed by atoms with Crippen molar-refractivity contribution < 1.29 is 4.79 Å². The van der Waals surface area contributed by atoms with E-state index in [-0.39, 0.29) is 24.0 Å². The van der Waals surface area contributed by atoms with Crippen LogP contribution < -0.4 is 22.1 Å². The van der Waals surface area contributed by atoms with Gasteiger partial charge in [-0.2, -0.15) is 0 Å². The lowest BCUT2D eigenvalue weighted by atomic mass is 9.83. The summed E-state index contributed by atoms with van der Waals surface area (Å²) >= 11 is 0. The van der Waals surface area contributed by atoms with Crippen LogP contribution in [0.2, 0.25) is 0 Å². The molecule has 2 fully saturated rings. The molecule has 2 aliphatic heterocycles. The van der Waals surface area contributed by atoms with Gasteiger partial charge in [-0.15, -0.1) is 0 Å². The van der Waals surface area contributed by atoms with Crippen LogP contribution in [0.1, 0.15) is 6.42 Å². The maximum atomic E-state index is 11.0. The number of hydrogen-bond donors (Lipinski definition) is 4. The number of amides is 1. The SMILES string of the molecule is NC(=O)C1CNC2NCCC2C1N. The van der Waals surface area contributed by atoms with Crippen molar-refractivity contribution in [2.45, 2.75) is 18.6 Å². The van der Waals surface area contributed by atoms with Gasteiger partial charge in [0.05, 0.1) is 12.1 Å². The van der Waals surface area contributed by atoms with Crippen molar-refractivity contribution in [2.75, 3.05) is 13.1 Å². The molecule has 2 heterocycles. The summed E-state index contributed by atoms with van der Waals surface area (Å²) in [5.74, 6) is -0.141. The lowest BCUT2D eigenvalue weighted by Crippen LogP contribution is -2.61. The summed E-state index contributed by atoms with van der Waals surface area (Å²) in [4.78, 5) is 11.0. The third-order valence-corrected chi connectivity index (χ3v) is 3.15. The summed E-state index contributed by atoms with van der Waals surface area (Å²) < 4.78 is 0. The summed E-state index contributed by atoms with van der Waals surface area (Å²) in [5, 5.41) is 6.56. The fraction of sp³-hybridized carbons (Fsp3) is 0.875. The molecule has 1 amide bonds. The van der Waals surface area contributed by atoms with Gasteiger partial charge in [-0.3, -0.25) is 4.79 Å². The summed E-state index contributed by atoms with van der Waals surface area (Å²) in [6.07, 6.45) is 1.31. The number of carbonyl (C=O) groups excluding carboxylic acids is 1. The van der Waals surface area contributed by atoms with Gasteiger partial charge in [0.2, 0.25) is 5.91 Å². The number of piperidine rings is 1. The molecular weight excluding hydrogens is 168 g/mol. The molecule has 0 bridgehead atoms. The van der Waals surface area contributed by atoms with E-state index < -0.39 is 0 Å². The zero-order valence-electron chi connectivity index (χ0n) is 7.49. The molecule has 2 rings (SSSR count). The normalized spacial score (nSPS) is 44.4. The number of primary amides is 1. The maximum absolute atomic E-state index is 11.0. The van der Waals surface area contributed by atoms with Crippen molar-refractivity contribution >= 4 is 5.91 Å². The van der Waals surface area contributed by atoms with Crippen molar-refractivity contribution in [2.24, 2.45) is 23.3 Å². The minimum atomic E-state index is -0.287. The molecule has 0 spiro atoms. The van der Waals surface area contributed by atoms with Crippen LogP contribution in [0.4, 0.5) is 0 Å². The Bertz CT molecular complexity index is 220. The van der Waals surface area contributed by atoms with E-state index in [0.717, 1.165) is 13.0 Å². The van der Waals surface area contributed by atoms with Crippen molar-refractivity contribution in [1.29, 1.82) is 0 Å². The molecule has 0 aromatic rings. The molecule has 0 radical (unpaired) electrons. The van der Waals surface area contributed by atoms with E-state index in [4.69, 9.17) is 11.5 Å². The maximum Gasteiger partial charge on any atom is 0.223 e. The Kier molecular flexibility index (Phi) is 2.23. The van der Waals surface area contributed by atoms with E-state index in [0.29, 0.717) is 12.5 Å². The van der Waals surface area contributed by atoms with Crippen LogP contribution >= 0.6 is 0 Å². The number of hydrogen-bond acceptors (Lipinski definition) is 4. The topological polar surface area (TPSA) is 93.2 Å². The molecule has 4 unspecified atom stereocenters. The lowest BCUT2D eigenvalue weighted by Gasteiger charge is -2.36. The van der Waals surface area contributed by atoms with Crippen LogP contribution in [-0.2, 0) is 4.79 Å². The van der Waals surface area contributed by atoms with Crippen molar-refractivity contribution in [3.8, 4) is 0 Å². The highest BCUT2D eigenvalue weighted by Crippen LogP contribution is 2.25. The Morgan fingerprint density at radius 2 is 2.15 bits per heavy atom. The van der Waals surface area contributed by atoms with Gasteiger partial charge in [0.15, 0.2) is 0 Å². The highest BCUT2D eigenvalue weighted by Gasteiger charge is 2.41. The van der Waals surface area contributed by atoms with Gasteiger partial charge in [-0.1, -0.05) is 0 Å². The van der Waals surface area contributed by atoms with Crippen LogP contribution in [0.15, 0.2) is 0 Å². The first-order chi connectivity index (χ1) is 6.20. The van der Waals surface area contributed by atoms with Gasteiger partial charge in [0.25, 0.3) is 0 Å². The number of rotatable bonds is 1. The van der Waals surface area contributed by atoms with Gasteiger partial charge in [-0.05, 0) is 13.0 Å². The van der Waals surface area contributed by atoms with Crippen LogP contribution in [0.5, 0.6) is 0 Å². The van der Waals surface area contributed by atoms with Crippen molar-refractivity contribution in [3.63, 3.8) is 0 Å². The standard InChI is InChI=1S/C8H16N4O/c9-6-4-1-2-11-8(4)12-3-5(6)7(10)13/h4-6,8,11-12H,1-3,9H2,(H2,10,13). The van der Waals surface area contributed by atoms with Crippen molar-refractivity contribution in [1.82, 2.24) is 10.6 Å². The van der Waals surface area contributed by atoms with Crippen molar-refractivity contribution in [3.05, 3.63) is 0 Å². The van der Waals surface area contributed by atoms with E-state index in [1.165, 1.54) is 0 Å². The molecule has 0 aromatic heterocycles.